The Kier molecular flexibility index (Phi) is 9.04. The summed E-state index contributed by atoms with van der Waals surface area (Å²) in [6, 6.07) is 4.16. The predicted molar refractivity (Wildman–Crippen MR) is 145 cm³/mol. The van der Waals surface area contributed by atoms with Gasteiger partial charge in [-0.25, -0.2) is 8.78 Å². The molecule has 2 aromatic rings. The number of carboxylic acid groups (broad SMARTS) is 1. The highest BCUT2D eigenvalue weighted by Crippen LogP contribution is 2.46. The van der Waals surface area contributed by atoms with Gasteiger partial charge in [0.1, 0.15) is 29.8 Å². The first-order valence-electron chi connectivity index (χ1n) is 13.7. The Morgan fingerprint density at radius 3 is 2.29 bits per heavy atom. The number of hydrogen-bond acceptors (Lipinski definition) is 4. The summed E-state index contributed by atoms with van der Waals surface area (Å²) in [5.41, 5.74) is 1.13. The Morgan fingerprint density at radius 1 is 1.05 bits per heavy atom. The number of piperidine rings is 1. The molecule has 0 radical (unpaired) electrons. The van der Waals surface area contributed by atoms with E-state index in [0.717, 1.165) is 18.4 Å². The quantitative estimate of drug-likeness (QED) is 0.296. The Labute approximate surface area is 245 Å². The van der Waals surface area contributed by atoms with E-state index in [0.29, 0.717) is 24.2 Å². The number of likely N-dealkylation sites (tertiary alicyclic amines) is 2. The first-order chi connectivity index (χ1) is 19.4. The number of nitrogens with zero attached hydrogens (tertiary/aromatic N) is 2. The molecule has 0 unspecified atom stereocenters. The lowest BCUT2D eigenvalue weighted by Crippen LogP contribution is -2.43. The van der Waals surface area contributed by atoms with Gasteiger partial charge in [-0.15, -0.1) is 0 Å². The third-order valence-electron chi connectivity index (χ3n) is 8.21. The second-order valence-corrected chi connectivity index (χ2v) is 12.2. The molecule has 0 spiro atoms. The van der Waals surface area contributed by atoms with Crippen LogP contribution in [0.25, 0.3) is 0 Å². The lowest BCUT2D eigenvalue weighted by atomic mass is 9.94. The molecule has 3 aliphatic rings. The van der Waals surface area contributed by atoms with E-state index in [1.165, 1.54) is 34.1 Å². The average molecular weight is 621 g/mol. The van der Waals surface area contributed by atoms with Gasteiger partial charge in [-0.3, -0.25) is 14.6 Å². The zero-order valence-electron chi connectivity index (χ0n) is 22.1. The van der Waals surface area contributed by atoms with Gasteiger partial charge in [0, 0.05) is 41.2 Å². The standard InChI is InChI=1S/C29H31Cl2F5N2O3/c30-20-7-18(8-21(31)10-20)27(29(34,35)36)37-5-3-16(4-6-37)15-41-26-12-24(33)19(9-23(26)17-1-2-17)13-38-14-22(32)11-25(38)28(39)40/h7-10,12,16-17,22,25,27H,1-6,11,13-15H2,(H,39,40)/t22-,25+,27+/m1/s1. The van der Waals surface area contributed by atoms with Gasteiger partial charge in [-0.1, -0.05) is 23.2 Å². The molecule has 2 aliphatic heterocycles. The molecule has 1 N–H and O–H groups in total. The van der Waals surface area contributed by atoms with Crippen LogP contribution in [0.4, 0.5) is 22.0 Å². The molecule has 2 saturated heterocycles. The smallest absolute Gasteiger partial charge is 0.408 e. The molecule has 41 heavy (non-hydrogen) atoms. The molecule has 3 fully saturated rings. The predicted octanol–water partition coefficient (Wildman–Crippen LogP) is 7.40. The molecule has 1 saturated carbocycles. The van der Waals surface area contributed by atoms with Gasteiger partial charge in [0.05, 0.1) is 6.61 Å². The van der Waals surface area contributed by atoms with Crippen molar-refractivity contribution in [3.63, 3.8) is 0 Å². The number of carboxylic acids is 1. The average Bonchev–Trinajstić information content (AvgIpc) is 3.65. The molecule has 2 heterocycles. The lowest BCUT2D eigenvalue weighted by molar-refractivity contribution is -0.190. The zero-order valence-corrected chi connectivity index (χ0v) is 23.7. The molecule has 1 aliphatic carbocycles. The van der Waals surface area contributed by atoms with Crippen LogP contribution >= 0.6 is 23.2 Å². The second kappa shape index (κ2) is 12.2. The minimum atomic E-state index is -4.51. The number of alkyl halides is 4. The molecule has 5 rings (SSSR count). The van der Waals surface area contributed by atoms with Gasteiger partial charge in [0.15, 0.2) is 0 Å². The van der Waals surface area contributed by atoms with Gasteiger partial charge in [-0.05, 0) is 86.0 Å². The molecule has 0 amide bonds. The van der Waals surface area contributed by atoms with Crippen molar-refractivity contribution in [1.82, 2.24) is 9.80 Å². The SMILES string of the molecule is O=C(O)[C@@H]1C[C@@H](F)CN1Cc1cc(C2CC2)c(OCC2CCN([C@@H](c3cc(Cl)cc(Cl)c3)C(F)(F)F)CC2)cc1F. The Morgan fingerprint density at radius 2 is 1.71 bits per heavy atom. The first kappa shape index (κ1) is 30.3. The van der Waals surface area contributed by atoms with Crippen molar-refractivity contribution >= 4 is 29.2 Å². The number of aliphatic carboxylic acids is 1. The maximum atomic E-state index is 15.1. The number of rotatable bonds is 9. The summed E-state index contributed by atoms with van der Waals surface area (Å²) in [7, 11) is 0. The van der Waals surface area contributed by atoms with Crippen molar-refractivity contribution in [2.24, 2.45) is 5.92 Å². The Balaban J connectivity index is 1.23. The van der Waals surface area contributed by atoms with Crippen LogP contribution < -0.4 is 4.74 Å². The van der Waals surface area contributed by atoms with E-state index in [-0.39, 0.29) is 66.7 Å². The van der Waals surface area contributed by atoms with Crippen LogP contribution in [-0.4, -0.2) is 65.5 Å². The van der Waals surface area contributed by atoms with E-state index < -0.39 is 36.2 Å². The molecular formula is C29H31Cl2F5N2O3. The van der Waals surface area contributed by atoms with E-state index in [2.05, 4.69) is 0 Å². The van der Waals surface area contributed by atoms with Gasteiger partial charge < -0.3 is 9.84 Å². The lowest BCUT2D eigenvalue weighted by Gasteiger charge is -2.38. The highest BCUT2D eigenvalue weighted by atomic mass is 35.5. The van der Waals surface area contributed by atoms with Gasteiger partial charge >= 0.3 is 12.1 Å². The minimum Gasteiger partial charge on any atom is -0.493 e. The summed E-state index contributed by atoms with van der Waals surface area (Å²) in [5.74, 6) is -1.10. The monoisotopic (exact) mass is 620 g/mol. The summed E-state index contributed by atoms with van der Waals surface area (Å²) in [6.07, 6.45) is -3.14. The van der Waals surface area contributed by atoms with E-state index in [1.54, 1.807) is 6.07 Å². The van der Waals surface area contributed by atoms with Crippen LogP contribution in [0.15, 0.2) is 30.3 Å². The van der Waals surface area contributed by atoms with Crippen molar-refractivity contribution in [2.75, 3.05) is 26.2 Å². The molecule has 5 nitrogen and oxygen atoms in total. The molecular weight excluding hydrogens is 590 g/mol. The van der Waals surface area contributed by atoms with Crippen molar-refractivity contribution in [3.8, 4) is 5.75 Å². The second-order valence-electron chi connectivity index (χ2n) is 11.3. The fourth-order valence-electron chi connectivity index (χ4n) is 6.00. The normalized spacial score (nSPS) is 23.6. The van der Waals surface area contributed by atoms with Crippen molar-refractivity contribution in [3.05, 3.63) is 62.9 Å². The fourth-order valence-corrected chi connectivity index (χ4v) is 6.54. The molecule has 0 aromatic heterocycles. The summed E-state index contributed by atoms with van der Waals surface area (Å²) in [6.45, 7) is 0.552. The zero-order chi connectivity index (χ0) is 29.5. The summed E-state index contributed by atoms with van der Waals surface area (Å²) in [5, 5.41) is 9.70. The van der Waals surface area contributed by atoms with Crippen LogP contribution in [-0.2, 0) is 11.3 Å². The van der Waals surface area contributed by atoms with E-state index in [9.17, 15) is 27.5 Å². The fraction of sp³-hybridized carbons (Fsp3) is 0.552. The van der Waals surface area contributed by atoms with Gasteiger partial charge in [0.2, 0.25) is 0 Å². The number of ether oxygens (including phenoxy) is 1. The van der Waals surface area contributed by atoms with Crippen molar-refractivity contribution in [1.29, 1.82) is 0 Å². The highest BCUT2D eigenvalue weighted by molar-refractivity contribution is 6.34. The number of benzene rings is 2. The summed E-state index contributed by atoms with van der Waals surface area (Å²) >= 11 is 12.0. The van der Waals surface area contributed by atoms with Crippen LogP contribution in [0.1, 0.15) is 60.8 Å². The van der Waals surface area contributed by atoms with E-state index >= 15 is 4.39 Å². The maximum absolute atomic E-state index is 15.1. The molecule has 12 heteroatoms. The molecule has 224 valence electrons. The number of carbonyl (C=O) groups is 1. The number of halogens is 7. The Hall–Kier alpha value is -2.14. The van der Waals surface area contributed by atoms with Crippen LogP contribution in [0.3, 0.4) is 0 Å². The third-order valence-corrected chi connectivity index (χ3v) is 8.64. The minimum absolute atomic E-state index is 0.0000173. The largest absolute Gasteiger partial charge is 0.493 e. The van der Waals surface area contributed by atoms with E-state index in [4.69, 9.17) is 27.9 Å². The maximum Gasteiger partial charge on any atom is 0.408 e. The Bertz CT molecular complexity index is 1250. The number of hydrogen-bond donors (Lipinski definition) is 1. The first-order valence-corrected chi connectivity index (χ1v) is 14.5. The summed E-state index contributed by atoms with van der Waals surface area (Å²) < 4.78 is 77.4. The van der Waals surface area contributed by atoms with Crippen LogP contribution in [0.5, 0.6) is 5.75 Å². The van der Waals surface area contributed by atoms with Gasteiger partial charge in [0.25, 0.3) is 0 Å². The topological polar surface area (TPSA) is 53.0 Å². The van der Waals surface area contributed by atoms with Crippen molar-refractivity contribution < 1.29 is 36.6 Å². The summed E-state index contributed by atoms with van der Waals surface area (Å²) in [4.78, 5) is 14.4. The highest BCUT2D eigenvalue weighted by Gasteiger charge is 2.46. The van der Waals surface area contributed by atoms with Crippen LogP contribution in [0, 0.1) is 11.7 Å². The molecule has 2 aromatic carbocycles. The van der Waals surface area contributed by atoms with Gasteiger partial charge in [-0.2, -0.15) is 13.2 Å². The molecule has 0 bridgehead atoms. The third kappa shape index (κ3) is 7.27. The van der Waals surface area contributed by atoms with Crippen LogP contribution in [0.2, 0.25) is 10.0 Å². The molecule has 3 atom stereocenters. The van der Waals surface area contributed by atoms with Crippen molar-refractivity contribution in [2.45, 2.75) is 69.0 Å². The van der Waals surface area contributed by atoms with E-state index in [1.807, 2.05) is 0 Å².